The Morgan fingerprint density at radius 2 is 1.44 bits per heavy atom. The number of rotatable bonds is 25. The molecular formula is C26H54NO6P. The van der Waals surface area contributed by atoms with E-state index in [-0.39, 0.29) is 19.4 Å². The molecule has 3 unspecified atom stereocenters. The first-order chi connectivity index (χ1) is 16.3. The quantitative estimate of drug-likeness (QED) is 0.0830. The molecule has 0 aliphatic carbocycles. The first-order valence-electron chi connectivity index (χ1n) is 13.7. The molecule has 0 saturated heterocycles. The standard InChI is InChI=1S/C26H54NO6P/c1-5-6-7-8-9-10-11-12-13-14-15-16-18-24(2)21-31-22-26(33-25(3)28)23-32-34(29,30)20-17-19-27-4/h24,26-27H,5-23H2,1-4H3,(H,29,30). The highest BCUT2D eigenvalue weighted by Crippen LogP contribution is 2.42. The van der Waals surface area contributed by atoms with E-state index in [1.54, 1.807) is 7.05 Å². The van der Waals surface area contributed by atoms with Gasteiger partial charge < -0.3 is 24.2 Å². The number of unbranched alkanes of at least 4 members (excludes halogenated alkanes) is 11. The van der Waals surface area contributed by atoms with Crippen LogP contribution >= 0.6 is 7.60 Å². The minimum atomic E-state index is -3.69. The molecule has 0 aromatic carbocycles. The van der Waals surface area contributed by atoms with Crippen molar-refractivity contribution in [3.05, 3.63) is 0 Å². The van der Waals surface area contributed by atoms with Crippen molar-refractivity contribution >= 4 is 13.6 Å². The monoisotopic (exact) mass is 507 g/mol. The molecule has 204 valence electrons. The maximum Gasteiger partial charge on any atom is 0.328 e. The lowest BCUT2D eigenvalue weighted by atomic mass is 10.0. The highest BCUT2D eigenvalue weighted by atomic mass is 31.2. The van der Waals surface area contributed by atoms with E-state index in [9.17, 15) is 14.3 Å². The zero-order valence-corrected chi connectivity index (χ0v) is 23.4. The smallest absolute Gasteiger partial charge is 0.328 e. The van der Waals surface area contributed by atoms with Crippen LogP contribution in [0.15, 0.2) is 0 Å². The second kappa shape index (κ2) is 23.0. The van der Waals surface area contributed by atoms with Crippen LogP contribution in [-0.4, -0.2) is 56.5 Å². The lowest BCUT2D eigenvalue weighted by Gasteiger charge is -2.20. The molecule has 0 aliphatic heterocycles. The number of ether oxygens (including phenoxy) is 2. The lowest BCUT2D eigenvalue weighted by Crippen LogP contribution is -2.28. The number of nitrogens with one attached hydrogen (secondary N) is 1. The van der Waals surface area contributed by atoms with Gasteiger partial charge in [0.2, 0.25) is 0 Å². The fourth-order valence-electron chi connectivity index (χ4n) is 3.89. The van der Waals surface area contributed by atoms with Crippen LogP contribution in [0, 0.1) is 5.92 Å². The lowest BCUT2D eigenvalue weighted by molar-refractivity contribution is -0.151. The Morgan fingerprint density at radius 3 is 1.97 bits per heavy atom. The second-order valence-corrected chi connectivity index (χ2v) is 11.6. The third kappa shape index (κ3) is 23.3. The molecule has 0 radical (unpaired) electrons. The maximum absolute atomic E-state index is 12.1. The Labute approximate surface area is 209 Å². The molecule has 0 heterocycles. The van der Waals surface area contributed by atoms with Crippen LogP contribution in [0.2, 0.25) is 0 Å². The Balaban J connectivity index is 3.83. The molecule has 0 amide bonds. The highest BCUT2D eigenvalue weighted by Gasteiger charge is 2.23. The van der Waals surface area contributed by atoms with Gasteiger partial charge in [0.1, 0.15) is 6.10 Å². The summed E-state index contributed by atoms with van der Waals surface area (Å²) >= 11 is 0. The molecule has 0 spiro atoms. The van der Waals surface area contributed by atoms with Crippen molar-refractivity contribution in [2.45, 2.75) is 117 Å². The minimum absolute atomic E-state index is 0.0670. The van der Waals surface area contributed by atoms with Crippen LogP contribution in [0.3, 0.4) is 0 Å². The first-order valence-corrected chi connectivity index (χ1v) is 15.4. The van der Waals surface area contributed by atoms with E-state index in [2.05, 4.69) is 19.2 Å². The molecule has 0 fully saturated rings. The van der Waals surface area contributed by atoms with Crippen LogP contribution in [0.25, 0.3) is 0 Å². The van der Waals surface area contributed by atoms with Gasteiger partial charge in [0.15, 0.2) is 0 Å². The van der Waals surface area contributed by atoms with Crippen molar-refractivity contribution < 1.29 is 28.3 Å². The Kier molecular flexibility index (Phi) is 22.7. The minimum Gasteiger partial charge on any atom is -0.458 e. The summed E-state index contributed by atoms with van der Waals surface area (Å²) in [7, 11) is -1.91. The number of carbonyl (C=O) groups is 1. The molecule has 0 aliphatic rings. The van der Waals surface area contributed by atoms with Gasteiger partial charge in [-0.3, -0.25) is 9.36 Å². The van der Waals surface area contributed by atoms with Crippen molar-refractivity contribution in [1.82, 2.24) is 5.32 Å². The van der Waals surface area contributed by atoms with Crippen molar-refractivity contribution in [1.29, 1.82) is 0 Å². The fourth-order valence-corrected chi connectivity index (χ4v) is 4.97. The van der Waals surface area contributed by atoms with E-state index in [1.807, 2.05) is 0 Å². The van der Waals surface area contributed by atoms with Gasteiger partial charge in [-0.05, 0) is 32.4 Å². The number of hydrogen-bond acceptors (Lipinski definition) is 6. The van der Waals surface area contributed by atoms with E-state index >= 15 is 0 Å². The van der Waals surface area contributed by atoms with Crippen LogP contribution in [0.4, 0.5) is 0 Å². The summed E-state index contributed by atoms with van der Waals surface area (Å²) < 4.78 is 28.2. The number of hydrogen-bond donors (Lipinski definition) is 2. The van der Waals surface area contributed by atoms with E-state index < -0.39 is 19.7 Å². The summed E-state index contributed by atoms with van der Waals surface area (Å²) in [6, 6.07) is 0. The summed E-state index contributed by atoms with van der Waals surface area (Å²) in [5.74, 6) is -0.0304. The third-order valence-electron chi connectivity index (χ3n) is 5.92. The molecular weight excluding hydrogens is 453 g/mol. The van der Waals surface area contributed by atoms with Crippen molar-refractivity contribution in [3.63, 3.8) is 0 Å². The molecule has 34 heavy (non-hydrogen) atoms. The zero-order valence-electron chi connectivity index (χ0n) is 22.5. The van der Waals surface area contributed by atoms with Crippen molar-refractivity contribution in [2.75, 3.05) is 39.6 Å². The molecule has 0 aromatic heterocycles. The molecule has 0 aromatic rings. The predicted octanol–water partition coefficient (Wildman–Crippen LogP) is 6.47. The summed E-state index contributed by atoms with van der Waals surface area (Å²) in [4.78, 5) is 21.3. The average Bonchev–Trinajstić information content (AvgIpc) is 2.78. The summed E-state index contributed by atoms with van der Waals surface area (Å²) in [5, 5.41) is 2.93. The normalized spacial score (nSPS) is 15.1. The highest BCUT2D eigenvalue weighted by molar-refractivity contribution is 7.52. The fraction of sp³-hybridized carbons (Fsp3) is 0.962. The van der Waals surface area contributed by atoms with Crippen LogP contribution in [-0.2, 0) is 23.4 Å². The van der Waals surface area contributed by atoms with E-state index in [0.717, 1.165) is 6.42 Å². The topological polar surface area (TPSA) is 94.1 Å². The Bertz CT molecular complexity index is 520. The average molecular weight is 508 g/mol. The Hall–Kier alpha value is -0.460. The summed E-state index contributed by atoms with van der Waals surface area (Å²) in [6.45, 7) is 6.99. The van der Waals surface area contributed by atoms with Crippen molar-refractivity contribution in [3.8, 4) is 0 Å². The number of esters is 1. The number of carbonyl (C=O) groups excluding carboxylic acids is 1. The van der Waals surface area contributed by atoms with E-state index in [1.165, 1.54) is 84.0 Å². The summed E-state index contributed by atoms with van der Waals surface area (Å²) in [6.07, 6.45) is 17.2. The van der Waals surface area contributed by atoms with Gasteiger partial charge in [0.05, 0.1) is 19.4 Å². The van der Waals surface area contributed by atoms with Gasteiger partial charge in [0, 0.05) is 13.5 Å². The SMILES string of the molecule is CCCCCCCCCCCCCCC(C)COCC(COP(=O)(O)CCCNC)OC(C)=O. The zero-order chi connectivity index (χ0) is 25.5. The summed E-state index contributed by atoms with van der Waals surface area (Å²) in [5.41, 5.74) is 0. The molecule has 0 rings (SSSR count). The van der Waals surface area contributed by atoms with Gasteiger partial charge in [-0.25, -0.2) is 0 Å². The predicted molar refractivity (Wildman–Crippen MR) is 140 cm³/mol. The van der Waals surface area contributed by atoms with Crippen molar-refractivity contribution in [2.24, 2.45) is 5.92 Å². The third-order valence-corrected chi connectivity index (χ3v) is 7.35. The largest absolute Gasteiger partial charge is 0.458 e. The van der Waals surface area contributed by atoms with Gasteiger partial charge in [0.25, 0.3) is 0 Å². The van der Waals surface area contributed by atoms with Crippen LogP contribution < -0.4 is 5.32 Å². The molecule has 0 bridgehead atoms. The Morgan fingerprint density at radius 1 is 0.882 bits per heavy atom. The van der Waals surface area contributed by atoms with Crippen LogP contribution in [0.1, 0.15) is 111 Å². The van der Waals surface area contributed by atoms with Crippen LogP contribution in [0.5, 0.6) is 0 Å². The molecule has 0 saturated carbocycles. The van der Waals surface area contributed by atoms with E-state index in [4.69, 9.17) is 14.0 Å². The second-order valence-electron chi connectivity index (χ2n) is 9.67. The molecule has 2 N–H and O–H groups in total. The molecule has 8 heteroatoms. The van der Waals surface area contributed by atoms with E-state index in [0.29, 0.717) is 25.5 Å². The van der Waals surface area contributed by atoms with Gasteiger partial charge >= 0.3 is 13.6 Å². The molecule has 3 atom stereocenters. The first kappa shape index (κ1) is 33.5. The van der Waals surface area contributed by atoms with Gasteiger partial charge in [-0.1, -0.05) is 90.9 Å². The maximum atomic E-state index is 12.1. The van der Waals surface area contributed by atoms with Gasteiger partial charge in [-0.2, -0.15) is 0 Å². The molecule has 7 nitrogen and oxygen atoms in total. The van der Waals surface area contributed by atoms with Gasteiger partial charge in [-0.15, -0.1) is 0 Å².